The minimum absolute atomic E-state index is 0.192. The van der Waals surface area contributed by atoms with E-state index in [0.29, 0.717) is 12.2 Å². The third-order valence-electron chi connectivity index (χ3n) is 3.73. The second-order valence-corrected chi connectivity index (χ2v) is 5.94. The van der Waals surface area contributed by atoms with Crippen LogP contribution in [0.1, 0.15) is 11.1 Å². The highest BCUT2D eigenvalue weighted by Gasteiger charge is 2.11. The van der Waals surface area contributed by atoms with E-state index in [1.54, 1.807) is 19.2 Å². The lowest BCUT2D eigenvalue weighted by molar-refractivity contribution is 0.404. The van der Waals surface area contributed by atoms with Gasteiger partial charge in [-0.15, -0.1) is 0 Å². The van der Waals surface area contributed by atoms with Gasteiger partial charge in [-0.3, -0.25) is 0 Å². The van der Waals surface area contributed by atoms with E-state index in [1.165, 1.54) is 0 Å². The van der Waals surface area contributed by atoms with Crippen LogP contribution < -0.4 is 4.74 Å². The number of methoxy groups -OCH3 is 1. The predicted molar refractivity (Wildman–Crippen MR) is 90.8 cm³/mol. The summed E-state index contributed by atoms with van der Waals surface area (Å²) in [4.78, 5) is 0. The second kappa shape index (κ2) is 5.89. The zero-order chi connectivity index (χ0) is 15.7. The Morgan fingerprint density at radius 1 is 0.909 bits per heavy atom. The van der Waals surface area contributed by atoms with Crippen LogP contribution in [0, 0.1) is 0 Å². The molecule has 0 aliphatic heterocycles. The summed E-state index contributed by atoms with van der Waals surface area (Å²) in [5.74, 6) is 1.05. The Morgan fingerprint density at radius 3 is 2.36 bits per heavy atom. The number of aromatic hydroxyl groups is 2. The fourth-order valence-electron chi connectivity index (χ4n) is 2.59. The highest BCUT2D eigenvalue weighted by molar-refractivity contribution is 9.10. The largest absolute Gasteiger partial charge is 0.508 e. The first kappa shape index (κ1) is 14.7. The smallest absolute Gasteiger partial charge is 0.136 e. The first-order chi connectivity index (χ1) is 10.6. The van der Waals surface area contributed by atoms with Crippen LogP contribution in [0.2, 0.25) is 0 Å². The minimum atomic E-state index is 0.192. The summed E-state index contributed by atoms with van der Waals surface area (Å²) in [6, 6.07) is 14.7. The van der Waals surface area contributed by atoms with E-state index in [0.717, 1.165) is 26.4 Å². The molecule has 0 spiro atoms. The number of phenolic OH excluding ortho intramolecular Hbond substituents is 2. The number of hydrogen-bond donors (Lipinski definition) is 2. The van der Waals surface area contributed by atoms with Gasteiger partial charge < -0.3 is 14.9 Å². The number of benzene rings is 3. The second-order valence-electron chi connectivity index (χ2n) is 5.08. The lowest BCUT2D eigenvalue weighted by atomic mass is 9.97. The van der Waals surface area contributed by atoms with E-state index in [-0.39, 0.29) is 11.5 Å². The van der Waals surface area contributed by atoms with Crippen LogP contribution >= 0.6 is 15.9 Å². The molecule has 22 heavy (non-hydrogen) atoms. The summed E-state index contributed by atoms with van der Waals surface area (Å²) < 4.78 is 5.97. The third-order valence-corrected chi connectivity index (χ3v) is 4.35. The average molecular weight is 359 g/mol. The first-order valence-electron chi connectivity index (χ1n) is 6.85. The lowest BCUT2D eigenvalue weighted by Crippen LogP contribution is -1.93. The molecule has 112 valence electrons. The third kappa shape index (κ3) is 2.62. The monoisotopic (exact) mass is 358 g/mol. The fraction of sp³-hybridized carbons (Fsp3) is 0.111. The Hall–Kier alpha value is -2.20. The quantitative estimate of drug-likeness (QED) is 0.718. The van der Waals surface area contributed by atoms with Crippen LogP contribution in [0.3, 0.4) is 0 Å². The Kier molecular flexibility index (Phi) is 3.94. The number of phenols is 2. The van der Waals surface area contributed by atoms with Crippen molar-refractivity contribution >= 4 is 26.7 Å². The maximum absolute atomic E-state index is 10.2. The molecular formula is C18H15BrO3. The van der Waals surface area contributed by atoms with E-state index in [2.05, 4.69) is 15.9 Å². The molecule has 2 N–H and O–H groups in total. The summed E-state index contributed by atoms with van der Waals surface area (Å²) in [5, 5.41) is 21.9. The van der Waals surface area contributed by atoms with Gasteiger partial charge in [0.05, 0.1) is 11.6 Å². The highest BCUT2D eigenvalue weighted by atomic mass is 79.9. The van der Waals surface area contributed by atoms with Crippen molar-refractivity contribution in [2.75, 3.05) is 7.11 Å². The standard InChI is InChI=1S/C18H15BrO3/c1-22-18-10-17(21)12(9-15(18)19)8-11-6-7-16(20)14-5-3-2-4-13(11)14/h2-7,9-10,20-21H,8H2,1H3. The molecule has 0 aromatic heterocycles. The SMILES string of the molecule is COc1cc(O)c(Cc2ccc(O)c3ccccc23)cc1Br. The van der Waals surface area contributed by atoms with Gasteiger partial charge in [-0.25, -0.2) is 0 Å². The minimum Gasteiger partial charge on any atom is -0.508 e. The zero-order valence-electron chi connectivity index (χ0n) is 12.0. The number of ether oxygens (including phenoxy) is 1. The molecule has 0 aliphatic rings. The van der Waals surface area contributed by atoms with Crippen LogP contribution in [0.4, 0.5) is 0 Å². The Labute approximate surface area is 136 Å². The van der Waals surface area contributed by atoms with Crippen molar-refractivity contribution < 1.29 is 14.9 Å². The van der Waals surface area contributed by atoms with Gasteiger partial charge in [0.1, 0.15) is 17.2 Å². The van der Waals surface area contributed by atoms with Gasteiger partial charge in [0.2, 0.25) is 0 Å². The summed E-state index contributed by atoms with van der Waals surface area (Å²) in [5.41, 5.74) is 1.84. The number of fused-ring (bicyclic) bond motifs is 1. The van der Waals surface area contributed by atoms with Gasteiger partial charge in [-0.05, 0) is 44.6 Å². The predicted octanol–water partition coefficient (Wildman–Crippen LogP) is 4.61. The van der Waals surface area contributed by atoms with Gasteiger partial charge in [0.15, 0.2) is 0 Å². The maximum Gasteiger partial charge on any atom is 0.136 e. The molecule has 0 heterocycles. The number of hydrogen-bond acceptors (Lipinski definition) is 3. The summed E-state index contributed by atoms with van der Waals surface area (Å²) in [6.07, 6.45) is 0.565. The Bertz CT molecular complexity index is 843. The maximum atomic E-state index is 10.2. The van der Waals surface area contributed by atoms with Gasteiger partial charge in [0, 0.05) is 17.9 Å². The Morgan fingerprint density at radius 2 is 1.64 bits per heavy atom. The highest BCUT2D eigenvalue weighted by Crippen LogP contribution is 2.35. The van der Waals surface area contributed by atoms with Gasteiger partial charge in [0.25, 0.3) is 0 Å². The number of rotatable bonds is 3. The van der Waals surface area contributed by atoms with Gasteiger partial charge in [-0.2, -0.15) is 0 Å². The molecule has 0 unspecified atom stereocenters. The molecule has 0 atom stereocenters. The molecule has 0 bridgehead atoms. The van der Waals surface area contributed by atoms with Crippen molar-refractivity contribution in [1.29, 1.82) is 0 Å². The van der Waals surface area contributed by atoms with Gasteiger partial charge in [-0.1, -0.05) is 30.3 Å². The van der Waals surface area contributed by atoms with E-state index >= 15 is 0 Å². The zero-order valence-corrected chi connectivity index (χ0v) is 13.6. The first-order valence-corrected chi connectivity index (χ1v) is 7.64. The van der Waals surface area contributed by atoms with Crippen LogP contribution in [0.15, 0.2) is 53.0 Å². The average Bonchev–Trinajstić information content (AvgIpc) is 2.53. The normalized spacial score (nSPS) is 10.8. The Balaban J connectivity index is 2.08. The van der Waals surface area contributed by atoms with Crippen molar-refractivity contribution in [2.24, 2.45) is 0 Å². The van der Waals surface area contributed by atoms with E-state index in [1.807, 2.05) is 36.4 Å². The van der Waals surface area contributed by atoms with Crippen LogP contribution in [-0.4, -0.2) is 17.3 Å². The van der Waals surface area contributed by atoms with E-state index in [9.17, 15) is 10.2 Å². The fourth-order valence-corrected chi connectivity index (χ4v) is 3.14. The molecule has 0 saturated heterocycles. The van der Waals surface area contributed by atoms with Gasteiger partial charge >= 0.3 is 0 Å². The molecule has 0 fully saturated rings. The van der Waals surface area contributed by atoms with E-state index < -0.39 is 0 Å². The molecule has 0 amide bonds. The molecule has 3 rings (SSSR count). The summed E-state index contributed by atoms with van der Waals surface area (Å²) >= 11 is 3.44. The molecule has 3 nitrogen and oxygen atoms in total. The van der Waals surface area contributed by atoms with Crippen molar-refractivity contribution in [3.63, 3.8) is 0 Å². The number of halogens is 1. The summed E-state index contributed by atoms with van der Waals surface area (Å²) in [7, 11) is 1.56. The van der Waals surface area contributed by atoms with Crippen LogP contribution in [0.25, 0.3) is 10.8 Å². The molecule has 0 aliphatic carbocycles. The van der Waals surface area contributed by atoms with Crippen molar-refractivity contribution in [2.45, 2.75) is 6.42 Å². The molecule has 3 aromatic rings. The van der Waals surface area contributed by atoms with Crippen LogP contribution in [0.5, 0.6) is 17.2 Å². The molecular weight excluding hydrogens is 344 g/mol. The molecule has 0 radical (unpaired) electrons. The van der Waals surface area contributed by atoms with Crippen LogP contribution in [-0.2, 0) is 6.42 Å². The topological polar surface area (TPSA) is 49.7 Å². The van der Waals surface area contributed by atoms with Crippen molar-refractivity contribution in [3.05, 3.63) is 64.1 Å². The lowest BCUT2D eigenvalue weighted by Gasteiger charge is -2.12. The van der Waals surface area contributed by atoms with Crippen molar-refractivity contribution in [1.82, 2.24) is 0 Å². The van der Waals surface area contributed by atoms with Crippen molar-refractivity contribution in [3.8, 4) is 17.2 Å². The molecule has 0 saturated carbocycles. The molecule has 4 heteroatoms. The molecule has 3 aromatic carbocycles. The summed E-state index contributed by atoms with van der Waals surface area (Å²) in [6.45, 7) is 0. The van der Waals surface area contributed by atoms with E-state index in [4.69, 9.17) is 4.74 Å².